The molecule has 2 heterocycles. The van der Waals surface area contributed by atoms with Gasteiger partial charge in [-0.05, 0) is 51.1 Å². The standard InChI is InChI=1S/C30H31ClN4O4/c1-30(2,3)39-29(37)35-17-15-34(16-18-35)19-20-9-8-14-25-26(20)38-28(33-25)22-11-5-7-13-24(22)32-27(36)21-10-4-6-12-23(21)31/h4-14H,15-19H2,1-3H3,(H,32,36). The Labute approximate surface area is 232 Å². The maximum atomic E-state index is 12.9. The summed E-state index contributed by atoms with van der Waals surface area (Å²) < 4.78 is 11.8. The third kappa shape index (κ3) is 6.24. The second-order valence-electron chi connectivity index (χ2n) is 10.5. The van der Waals surface area contributed by atoms with Crippen LogP contribution in [0.1, 0.15) is 36.7 Å². The molecule has 1 aromatic heterocycles. The van der Waals surface area contributed by atoms with Gasteiger partial charge in [-0.2, -0.15) is 0 Å². The smallest absolute Gasteiger partial charge is 0.410 e. The average molecular weight is 547 g/mol. The molecule has 0 aliphatic carbocycles. The highest BCUT2D eigenvalue weighted by Gasteiger charge is 2.26. The highest BCUT2D eigenvalue weighted by molar-refractivity contribution is 6.34. The molecule has 0 unspecified atom stereocenters. The van der Waals surface area contributed by atoms with Gasteiger partial charge in [-0.3, -0.25) is 9.69 Å². The Morgan fingerprint density at radius 1 is 0.974 bits per heavy atom. The van der Waals surface area contributed by atoms with Crippen molar-refractivity contribution in [1.29, 1.82) is 0 Å². The number of piperazine rings is 1. The van der Waals surface area contributed by atoms with Crippen LogP contribution in [0.2, 0.25) is 5.02 Å². The molecule has 1 N–H and O–H groups in total. The second kappa shape index (κ2) is 11.1. The molecule has 39 heavy (non-hydrogen) atoms. The van der Waals surface area contributed by atoms with Gasteiger partial charge in [0.1, 0.15) is 11.1 Å². The van der Waals surface area contributed by atoms with E-state index in [-0.39, 0.29) is 12.0 Å². The number of para-hydroxylation sites is 2. The predicted molar refractivity (Wildman–Crippen MR) is 152 cm³/mol. The van der Waals surface area contributed by atoms with Gasteiger partial charge in [-0.1, -0.05) is 48.0 Å². The number of oxazole rings is 1. The molecule has 0 bridgehead atoms. The molecule has 3 aromatic carbocycles. The van der Waals surface area contributed by atoms with E-state index in [0.29, 0.717) is 52.9 Å². The van der Waals surface area contributed by atoms with Crippen molar-refractivity contribution in [3.05, 3.63) is 82.9 Å². The summed E-state index contributed by atoms with van der Waals surface area (Å²) in [6, 6.07) is 20.2. The minimum absolute atomic E-state index is 0.274. The summed E-state index contributed by atoms with van der Waals surface area (Å²) in [6.45, 7) is 8.95. The topological polar surface area (TPSA) is 87.9 Å². The van der Waals surface area contributed by atoms with Crippen molar-refractivity contribution in [3.8, 4) is 11.5 Å². The van der Waals surface area contributed by atoms with Gasteiger partial charge in [0, 0.05) is 38.3 Å². The lowest BCUT2D eigenvalue weighted by Crippen LogP contribution is -2.49. The number of benzene rings is 3. The summed E-state index contributed by atoms with van der Waals surface area (Å²) in [6.07, 6.45) is -0.274. The lowest BCUT2D eigenvalue weighted by molar-refractivity contribution is 0.0139. The lowest BCUT2D eigenvalue weighted by atomic mass is 10.1. The number of fused-ring (bicyclic) bond motifs is 1. The largest absolute Gasteiger partial charge is 0.444 e. The molecular formula is C30H31ClN4O4. The first-order chi connectivity index (χ1) is 18.7. The van der Waals surface area contributed by atoms with Crippen LogP contribution in [0, 0.1) is 0 Å². The lowest BCUT2D eigenvalue weighted by Gasteiger charge is -2.35. The van der Waals surface area contributed by atoms with Crippen molar-refractivity contribution >= 4 is 40.4 Å². The highest BCUT2D eigenvalue weighted by Crippen LogP contribution is 2.32. The van der Waals surface area contributed by atoms with Crippen molar-refractivity contribution < 1.29 is 18.7 Å². The summed E-state index contributed by atoms with van der Waals surface area (Å²) in [5, 5.41) is 3.32. The van der Waals surface area contributed by atoms with Crippen LogP contribution < -0.4 is 5.32 Å². The molecule has 0 spiro atoms. The van der Waals surface area contributed by atoms with E-state index in [9.17, 15) is 9.59 Å². The predicted octanol–water partition coefficient (Wildman–Crippen LogP) is 6.45. The summed E-state index contributed by atoms with van der Waals surface area (Å²) in [4.78, 5) is 34.1. The quantitative estimate of drug-likeness (QED) is 0.309. The molecule has 4 aromatic rings. The molecule has 1 aliphatic heterocycles. The fourth-order valence-electron chi connectivity index (χ4n) is 4.52. The van der Waals surface area contributed by atoms with Gasteiger partial charge in [0.2, 0.25) is 5.89 Å². The molecule has 202 valence electrons. The van der Waals surface area contributed by atoms with E-state index in [0.717, 1.165) is 24.2 Å². The molecule has 1 aliphatic rings. The third-order valence-corrected chi connectivity index (χ3v) is 6.77. The van der Waals surface area contributed by atoms with Crippen molar-refractivity contribution in [2.24, 2.45) is 0 Å². The minimum atomic E-state index is -0.510. The Hall–Kier alpha value is -3.88. The maximum Gasteiger partial charge on any atom is 0.410 e. The van der Waals surface area contributed by atoms with Gasteiger partial charge in [-0.15, -0.1) is 0 Å². The number of rotatable bonds is 5. The molecule has 8 nitrogen and oxygen atoms in total. The number of ether oxygens (including phenoxy) is 1. The van der Waals surface area contributed by atoms with E-state index >= 15 is 0 Å². The average Bonchev–Trinajstić information content (AvgIpc) is 3.34. The number of anilines is 1. The molecule has 1 saturated heterocycles. The summed E-state index contributed by atoms with van der Waals surface area (Å²) >= 11 is 6.22. The summed E-state index contributed by atoms with van der Waals surface area (Å²) in [5.74, 6) is 0.109. The van der Waals surface area contributed by atoms with Crippen LogP contribution in [0.15, 0.2) is 71.1 Å². The third-order valence-electron chi connectivity index (χ3n) is 6.44. The van der Waals surface area contributed by atoms with Crippen molar-refractivity contribution in [2.75, 3.05) is 31.5 Å². The van der Waals surface area contributed by atoms with E-state index in [1.807, 2.05) is 63.2 Å². The Bertz CT molecular complexity index is 1500. The number of nitrogens with zero attached hydrogens (tertiary/aromatic N) is 3. The van der Waals surface area contributed by atoms with Crippen molar-refractivity contribution in [3.63, 3.8) is 0 Å². The van der Waals surface area contributed by atoms with Crippen LogP contribution in [-0.2, 0) is 11.3 Å². The SMILES string of the molecule is CC(C)(C)OC(=O)N1CCN(Cc2cccc3nc(-c4ccccc4NC(=O)c4ccccc4Cl)oc23)CC1. The van der Waals surface area contributed by atoms with E-state index in [4.69, 9.17) is 25.7 Å². The molecule has 2 amide bonds. The maximum absolute atomic E-state index is 12.9. The van der Waals surface area contributed by atoms with Gasteiger partial charge in [0.15, 0.2) is 5.58 Å². The Kier molecular flexibility index (Phi) is 7.59. The number of nitrogens with one attached hydrogen (secondary N) is 1. The first kappa shape index (κ1) is 26.7. The van der Waals surface area contributed by atoms with E-state index < -0.39 is 5.60 Å². The van der Waals surface area contributed by atoms with Crippen molar-refractivity contribution in [1.82, 2.24) is 14.8 Å². The fraction of sp³-hybridized carbons (Fsp3) is 0.300. The molecule has 9 heteroatoms. The monoisotopic (exact) mass is 546 g/mol. The summed E-state index contributed by atoms with van der Waals surface area (Å²) in [5.41, 5.74) is 3.58. The van der Waals surface area contributed by atoms with E-state index in [2.05, 4.69) is 10.2 Å². The van der Waals surface area contributed by atoms with Crippen LogP contribution >= 0.6 is 11.6 Å². The van der Waals surface area contributed by atoms with Crippen molar-refractivity contribution in [2.45, 2.75) is 32.9 Å². The Balaban J connectivity index is 1.32. The number of carbonyl (C=O) groups is 2. The summed E-state index contributed by atoms with van der Waals surface area (Å²) in [7, 11) is 0. The Morgan fingerprint density at radius 2 is 1.69 bits per heavy atom. The first-order valence-electron chi connectivity index (χ1n) is 12.9. The molecule has 5 rings (SSSR count). The number of hydrogen-bond acceptors (Lipinski definition) is 6. The second-order valence-corrected chi connectivity index (χ2v) is 10.9. The number of amides is 2. The first-order valence-corrected chi connectivity index (χ1v) is 13.3. The normalized spacial score (nSPS) is 14.4. The van der Waals surface area contributed by atoms with Crippen LogP contribution in [-0.4, -0.2) is 58.6 Å². The number of halogens is 1. The zero-order valence-corrected chi connectivity index (χ0v) is 23.0. The number of carbonyl (C=O) groups excluding carboxylic acids is 2. The number of aromatic nitrogens is 1. The molecule has 1 fully saturated rings. The van der Waals surface area contributed by atoms with E-state index in [1.165, 1.54) is 0 Å². The van der Waals surface area contributed by atoms with Gasteiger partial charge in [0.25, 0.3) is 5.91 Å². The van der Waals surface area contributed by atoms with Gasteiger partial charge in [-0.25, -0.2) is 9.78 Å². The van der Waals surface area contributed by atoms with Gasteiger partial charge < -0.3 is 19.4 Å². The van der Waals surface area contributed by atoms with Crippen LogP contribution in [0.4, 0.5) is 10.5 Å². The minimum Gasteiger partial charge on any atom is -0.444 e. The van der Waals surface area contributed by atoms with E-state index in [1.54, 1.807) is 29.2 Å². The zero-order chi connectivity index (χ0) is 27.6. The molecule has 0 radical (unpaired) electrons. The molecular weight excluding hydrogens is 516 g/mol. The fourth-order valence-corrected chi connectivity index (χ4v) is 4.74. The Morgan fingerprint density at radius 3 is 2.44 bits per heavy atom. The van der Waals surface area contributed by atoms with Crippen LogP contribution in [0.3, 0.4) is 0 Å². The van der Waals surface area contributed by atoms with Gasteiger partial charge >= 0.3 is 6.09 Å². The highest BCUT2D eigenvalue weighted by atomic mass is 35.5. The van der Waals surface area contributed by atoms with Crippen LogP contribution in [0.5, 0.6) is 0 Å². The molecule has 0 atom stereocenters. The van der Waals surface area contributed by atoms with Crippen LogP contribution in [0.25, 0.3) is 22.6 Å². The molecule has 0 saturated carbocycles. The number of hydrogen-bond donors (Lipinski definition) is 1. The zero-order valence-electron chi connectivity index (χ0n) is 22.2. The van der Waals surface area contributed by atoms with Gasteiger partial charge in [0.05, 0.1) is 21.8 Å².